The summed E-state index contributed by atoms with van der Waals surface area (Å²) >= 11 is 0. The van der Waals surface area contributed by atoms with Crippen LogP contribution in [0, 0.1) is 35.0 Å². The number of hydrogen-bond donors (Lipinski definition) is 4. The van der Waals surface area contributed by atoms with E-state index < -0.39 is 17.1 Å². The minimum absolute atomic E-state index is 0.00863. The van der Waals surface area contributed by atoms with Crippen molar-refractivity contribution < 1.29 is 25.2 Å². The molecule has 0 aliphatic heterocycles. The first-order chi connectivity index (χ1) is 19.9. The van der Waals surface area contributed by atoms with Gasteiger partial charge < -0.3 is 20.4 Å². The number of hydrogen-bond acceptors (Lipinski definition) is 5. The molecule has 3 aliphatic carbocycles. The van der Waals surface area contributed by atoms with Crippen molar-refractivity contribution in [3.63, 3.8) is 0 Å². The summed E-state index contributed by atoms with van der Waals surface area (Å²) in [6.07, 6.45) is 19.8. The van der Waals surface area contributed by atoms with Crippen LogP contribution in [-0.4, -0.2) is 51.6 Å². The molecular formula is C37H56O5. The van der Waals surface area contributed by atoms with Gasteiger partial charge in [-0.1, -0.05) is 80.0 Å². The van der Waals surface area contributed by atoms with Crippen LogP contribution in [0.5, 0.6) is 0 Å². The van der Waals surface area contributed by atoms with E-state index >= 15 is 0 Å². The lowest BCUT2D eigenvalue weighted by Crippen LogP contribution is -2.63. The molecule has 42 heavy (non-hydrogen) atoms. The Morgan fingerprint density at radius 2 is 1.93 bits per heavy atom. The van der Waals surface area contributed by atoms with Crippen molar-refractivity contribution in [3.05, 3.63) is 70.9 Å². The third-order valence-corrected chi connectivity index (χ3v) is 10.4. The molecule has 3 rings (SSSR count). The summed E-state index contributed by atoms with van der Waals surface area (Å²) in [6, 6.07) is 0. The highest BCUT2D eigenvalue weighted by molar-refractivity contribution is 5.74. The standard InChI is InChI=1S/C37H56O5/c1-25(2)10-7-11-26(3)12-8-13-27(4)14-9-15-31(24-40)32-18-20-37(35(32)41)34-29(19-21-38)16-17-30(22-36(37,6)42)33(34)28(5)23-39/h9,12,14-17,23,25,29-30,32,34-35,38,40-42H,4,7-8,10-11,13,18-22,24H2,1-3,5-6H3/b14-9+,26-12+,31-15-,33-28?/t29-,30-,32-,34-,35+,36+,37+/m0/s1. The van der Waals surface area contributed by atoms with Crippen LogP contribution in [-0.2, 0) is 4.79 Å². The maximum Gasteiger partial charge on any atom is 0.145 e. The van der Waals surface area contributed by atoms with Gasteiger partial charge in [-0.05, 0) is 101 Å². The molecule has 4 N–H and O–H groups in total. The van der Waals surface area contributed by atoms with Crippen LogP contribution in [0.3, 0.4) is 0 Å². The molecule has 0 aromatic carbocycles. The molecule has 0 aromatic rings. The predicted molar refractivity (Wildman–Crippen MR) is 172 cm³/mol. The van der Waals surface area contributed by atoms with Gasteiger partial charge in [0.05, 0.1) is 18.3 Å². The minimum Gasteiger partial charge on any atom is -0.396 e. The number of fused-ring (bicyclic) bond motifs is 3. The second-order valence-corrected chi connectivity index (χ2v) is 13.8. The molecule has 0 aromatic heterocycles. The van der Waals surface area contributed by atoms with Gasteiger partial charge >= 0.3 is 0 Å². The second-order valence-electron chi connectivity index (χ2n) is 13.8. The van der Waals surface area contributed by atoms with Crippen LogP contribution in [0.25, 0.3) is 0 Å². The van der Waals surface area contributed by atoms with Crippen molar-refractivity contribution in [3.8, 4) is 0 Å². The van der Waals surface area contributed by atoms with E-state index in [4.69, 9.17) is 0 Å². The number of carbonyl (C=O) groups is 1. The van der Waals surface area contributed by atoms with Crippen LogP contribution in [0.4, 0.5) is 0 Å². The van der Waals surface area contributed by atoms with E-state index in [1.54, 1.807) is 0 Å². The number of allylic oxidation sites excluding steroid dienone is 10. The lowest BCUT2D eigenvalue weighted by atomic mass is 9.46. The summed E-state index contributed by atoms with van der Waals surface area (Å²) in [5.74, 6) is 0.0141. The van der Waals surface area contributed by atoms with Crippen molar-refractivity contribution in [2.45, 2.75) is 104 Å². The smallest absolute Gasteiger partial charge is 0.145 e. The van der Waals surface area contributed by atoms with Crippen molar-refractivity contribution in [1.82, 2.24) is 0 Å². The molecule has 0 unspecified atom stereocenters. The summed E-state index contributed by atoms with van der Waals surface area (Å²) < 4.78 is 0. The first-order valence-corrected chi connectivity index (χ1v) is 16.1. The largest absolute Gasteiger partial charge is 0.396 e. The fourth-order valence-electron chi connectivity index (χ4n) is 8.22. The number of carbonyl (C=O) groups excluding carboxylic acids is 1. The predicted octanol–water partition coefficient (Wildman–Crippen LogP) is 6.80. The van der Waals surface area contributed by atoms with E-state index in [1.165, 1.54) is 18.4 Å². The lowest BCUT2D eigenvalue weighted by Gasteiger charge is -2.60. The number of aliphatic hydroxyl groups excluding tert-OH is 3. The number of aliphatic hydroxyl groups is 4. The van der Waals surface area contributed by atoms with E-state index in [0.717, 1.165) is 48.2 Å². The number of aldehydes is 1. The molecule has 0 saturated heterocycles. The first-order valence-electron chi connectivity index (χ1n) is 16.1. The molecule has 2 bridgehead atoms. The molecule has 234 valence electrons. The average Bonchev–Trinajstić information content (AvgIpc) is 3.28. The summed E-state index contributed by atoms with van der Waals surface area (Å²) in [7, 11) is 0. The van der Waals surface area contributed by atoms with Gasteiger partial charge in [0.25, 0.3) is 0 Å². The first kappa shape index (κ1) is 34.4. The van der Waals surface area contributed by atoms with Crippen LogP contribution < -0.4 is 0 Å². The van der Waals surface area contributed by atoms with Gasteiger partial charge in [-0.15, -0.1) is 0 Å². The van der Waals surface area contributed by atoms with Crippen molar-refractivity contribution in [1.29, 1.82) is 0 Å². The summed E-state index contributed by atoms with van der Waals surface area (Å²) in [5, 5.41) is 44.3. The Bertz CT molecular complexity index is 1100. The Labute approximate surface area is 254 Å². The lowest BCUT2D eigenvalue weighted by molar-refractivity contribution is -0.181. The molecule has 0 amide bonds. The van der Waals surface area contributed by atoms with Gasteiger partial charge in [0.15, 0.2) is 0 Å². The zero-order chi connectivity index (χ0) is 31.1. The van der Waals surface area contributed by atoms with Crippen LogP contribution >= 0.6 is 0 Å². The highest BCUT2D eigenvalue weighted by Crippen LogP contribution is 2.66. The topological polar surface area (TPSA) is 98.0 Å². The van der Waals surface area contributed by atoms with E-state index in [2.05, 4.69) is 45.6 Å². The van der Waals surface area contributed by atoms with Gasteiger partial charge in [-0.3, -0.25) is 4.79 Å². The van der Waals surface area contributed by atoms with Crippen molar-refractivity contribution in [2.75, 3.05) is 13.2 Å². The normalized spacial score (nSPS) is 34.6. The van der Waals surface area contributed by atoms with E-state index in [-0.39, 0.29) is 36.9 Å². The Kier molecular flexibility index (Phi) is 12.4. The summed E-state index contributed by atoms with van der Waals surface area (Å²) in [5.41, 5.74) is 2.77. The molecule has 0 heterocycles. The van der Waals surface area contributed by atoms with Gasteiger partial charge in [0.2, 0.25) is 0 Å². The number of rotatable bonds is 14. The molecule has 5 nitrogen and oxygen atoms in total. The fraction of sp³-hybridized carbons (Fsp3) is 0.649. The summed E-state index contributed by atoms with van der Waals surface area (Å²) in [4.78, 5) is 12.0. The Morgan fingerprint density at radius 1 is 1.19 bits per heavy atom. The summed E-state index contributed by atoms with van der Waals surface area (Å²) in [6.45, 7) is 14.4. The molecule has 1 spiro atoms. The molecule has 5 heteroatoms. The maximum atomic E-state index is 12.1. The van der Waals surface area contributed by atoms with Crippen LogP contribution in [0.2, 0.25) is 0 Å². The maximum absolute atomic E-state index is 12.1. The minimum atomic E-state index is -1.17. The van der Waals surface area contributed by atoms with Gasteiger partial charge in [-0.25, -0.2) is 0 Å². The third kappa shape index (κ3) is 7.35. The van der Waals surface area contributed by atoms with Crippen LogP contribution in [0.15, 0.2) is 70.9 Å². The molecule has 3 aliphatic rings. The highest BCUT2D eigenvalue weighted by Gasteiger charge is 2.67. The van der Waals surface area contributed by atoms with Gasteiger partial charge in [-0.2, -0.15) is 0 Å². The third-order valence-electron chi connectivity index (χ3n) is 10.4. The SMILES string of the molecule is C=C(/C=C/C=C(/CO)[C@@H]1CC[C@]2([C@@H]1O)[C@@H]1C(=C(C)C=O)[C@@H](C=C[C@H]1CCO)C[C@@]2(C)O)CC/C=C(\C)CCCC(C)C. The molecule has 0 radical (unpaired) electrons. The van der Waals surface area contributed by atoms with Gasteiger partial charge in [0, 0.05) is 23.9 Å². The Morgan fingerprint density at radius 3 is 2.57 bits per heavy atom. The average molecular weight is 581 g/mol. The molecule has 2 saturated carbocycles. The van der Waals surface area contributed by atoms with Crippen LogP contribution in [0.1, 0.15) is 92.4 Å². The van der Waals surface area contributed by atoms with E-state index in [9.17, 15) is 25.2 Å². The van der Waals surface area contributed by atoms with Crippen molar-refractivity contribution in [2.24, 2.45) is 35.0 Å². The highest BCUT2D eigenvalue weighted by atomic mass is 16.3. The van der Waals surface area contributed by atoms with Crippen molar-refractivity contribution >= 4 is 6.29 Å². The molecule has 7 atom stereocenters. The quantitative estimate of drug-likeness (QED) is 0.0784. The zero-order valence-corrected chi connectivity index (χ0v) is 26.7. The van der Waals surface area contributed by atoms with E-state index in [1.807, 2.05) is 32.1 Å². The fourth-order valence-corrected chi connectivity index (χ4v) is 8.22. The Balaban J connectivity index is 1.78. The second kappa shape index (κ2) is 15.1. The zero-order valence-electron chi connectivity index (χ0n) is 26.7. The van der Waals surface area contributed by atoms with E-state index in [0.29, 0.717) is 31.3 Å². The molecular weight excluding hydrogens is 524 g/mol. The monoisotopic (exact) mass is 580 g/mol. The molecule has 2 fully saturated rings. The Hall–Kier alpha value is -2.05. The van der Waals surface area contributed by atoms with Gasteiger partial charge in [0.1, 0.15) is 6.29 Å².